The highest BCUT2D eigenvalue weighted by atomic mass is 16.2. The van der Waals surface area contributed by atoms with Crippen LogP contribution in [0.5, 0.6) is 0 Å². The number of urea groups is 1. The van der Waals surface area contributed by atoms with Gasteiger partial charge in [-0.05, 0) is 43.6 Å². The molecule has 1 saturated carbocycles. The van der Waals surface area contributed by atoms with E-state index < -0.39 is 0 Å². The van der Waals surface area contributed by atoms with Crippen LogP contribution < -0.4 is 5.32 Å². The number of amides is 2. The van der Waals surface area contributed by atoms with Gasteiger partial charge in [0, 0.05) is 33.4 Å². The van der Waals surface area contributed by atoms with Crippen molar-refractivity contribution in [1.82, 2.24) is 20.0 Å². The van der Waals surface area contributed by atoms with E-state index in [-0.39, 0.29) is 6.03 Å². The Morgan fingerprint density at radius 3 is 2.90 bits per heavy atom. The van der Waals surface area contributed by atoms with Crippen LogP contribution in [0.25, 0.3) is 0 Å². The van der Waals surface area contributed by atoms with Gasteiger partial charge in [-0.25, -0.2) is 4.79 Å². The number of hydrogen-bond acceptors (Lipinski definition) is 2. The number of aryl methyl sites for hydroxylation is 2. The molecule has 0 saturated heterocycles. The lowest BCUT2D eigenvalue weighted by Crippen LogP contribution is -2.41. The lowest BCUT2D eigenvalue weighted by Gasteiger charge is -2.30. The average Bonchev–Trinajstić information content (AvgIpc) is 2.78. The molecule has 0 spiro atoms. The molecule has 1 aromatic heterocycles. The van der Waals surface area contributed by atoms with Crippen LogP contribution in [-0.4, -0.2) is 40.8 Å². The minimum absolute atomic E-state index is 0.0678. The largest absolute Gasteiger partial charge is 0.338 e. The number of hydrogen-bond donors (Lipinski definition) is 1. The molecule has 0 bridgehead atoms. The topological polar surface area (TPSA) is 50.2 Å². The maximum atomic E-state index is 11.9. The Morgan fingerprint density at radius 1 is 1.50 bits per heavy atom. The first-order valence-corrected chi connectivity index (χ1v) is 7.61. The van der Waals surface area contributed by atoms with Crippen LogP contribution in [0.4, 0.5) is 4.79 Å². The summed E-state index contributed by atoms with van der Waals surface area (Å²) in [7, 11) is 3.82. The molecule has 0 atom stereocenters. The Labute approximate surface area is 121 Å². The average molecular weight is 278 g/mol. The third-order valence-electron chi connectivity index (χ3n) is 4.03. The van der Waals surface area contributed by atoms with Gasteiger partial charge in [-0.1, -0.05) is 6.42 Å². The van der Waals surface area contributed by atoms with Crippen LogP contribution in [0.3, 0.4) is 0 Å². The lowest BCUT2D eigenvalue weighted by atomic mass is 9.85. The second kappa shape index (κ2) is 7.31. The van der Waals surface area contributed by atoms with E-state index in [1.54, 1.807) is 0 Å². The number of nitrogens with one attached hydrogen (secondary N) is 1. The first-order chi connectivity index (χ1) is 9.65. The van der Waals surface area contributed by atoms with Gasteiger partial charge in [-0.2, -0.15) is 5.10 Å². The Kier molecular flexibility index (Phi) is 5.44. The summed E-state index contributed by atoms with van der Waals surface area (Å²) in [5, 5.41) is 7.14. The van der Waals surface area contributed by atoms with E-state index in [0.29, 0.717) is 0 Å². The Balaban J connectivity index is 1.52. The quantitative estimate of drug-likeness (QED) is 0.777. The van der Waals surface area contributed by atoms with E-state index in [0.717, 1.165) is 38.3 Å². The number of nitrogens with zero attached hydrogens (tertiary/aromatic N) is 3. The number of carbonyl (C=O) groups is 1. The number of rotatable bonds is 7. The summed E-state index contributed by atoms with van der Waals surface area (Å²) < 4.78 is 1.83. The van der Waals surface area contributed by atoms with Gasteiger partial charge < -0.3 is 10.2 Å². The molecule has 1 N–H and O–H groups in total. The van der Waals surface area contributed by atoms with Crippen molar-refractivity contribution < 1.29 is 4.79 Å². The normalized spacial score (nSPS) is 14.9. The van der Waals surface area contributed by atoms with Crippen molar-refractivity contribution in [3.63, 3.8) is 0 Å². The van der Waals surface area contributed by atoms with Gasteiger partial charge >= 0.3 is 6.03 Å². The highest BCUT2D eigenvalue weighted by Crippen LogP contribution is 2.26. The Bertz CT molecular complexity index is 425. The fraction of sp³-hybridized carbons (Fsp3) is 0.733. The van der Waals surface area contributed by atoms with Crippen LogP contribution in [-0.2, 0) is 13.5 Å². The third-order valence-corrected chi connectivity index (χ3v) is 4.03. The van der Waals surface area contributed by atoms with Crippen LogP contribution in [0.2, 0.25) is 0 Å². The molecule has 1 aromatic rings. The maximum absolute atomic E-state index is 11.9. The summed E-state index contributed by atoms with van der Waals surface area (Å²) in [5.41, 5.74) is 1.26. The molecule has 5 nitrogen and oxygen atoms in total. The molecule has 1 fully saturated rings. The van der Waals surface area contributed by atoms with E-state index >= 15 is 0 Å². The maximum Gasteiger partial charge on any atom is 0.317 e. The van der Waals surface area contributed by atoms with Gasteiger partial charge in [0.15, 0.2) is 0 Å². The SMILES string of the molecule is CN(CC1CCC1)C(=O)NCCCCc1cnn(C)c1. The molecule has 20 heavy (non-hydrogen) atoms. The van der Waals surface area contributed by atoms with Gasteiger partial charge in [-0.15, -0.1) is 0 Å². The van der Waals surface area contributed by atoms with Gasteiger partial charge in [0.25, 0.3) is 0 Å². The summed E-state index contributed by atoms with van der Waals surface area (Å²) in [5.74, 6) is 0.733. The molecule has 1 heterocycles. The van der Waals surface area contributed by atoms with Crippen molar-refractivity contribution in [1.29, 1.82) is 0 Å². The van der Waals surface area contributed by atoms with Crippen LogP contribution in [0.1, 0.15) is 37.7 Å². The van der Waals surface area contributed by atoms with Crippen molar-refractivity contribution >= 4 is 6.03 Å². The van der Waals surface area contributed by atoms with Gasteiger partial charge in [0.1, 0.15) is 0 Å². The van der Waals surface area contributed by atoms with Crippen molar-refractivity contribution in [2.75, 3.05) is 20.1 Å². The fourth-order valence-corrected chi connectivity index (χ4v) is 2.53. The summed E-state index contributed by atoms with van der Waals surface area (Å²) in [6.07, 6.45) is 11.0. The first kappa shape index (κ1) is 14.9. The summed E-state index contributed by atoms with van der Waals surface area (Å²) in [6, 6.07) is 0.0678. The summed E-state index contributed by atoms with van der Waals surface area (Å²) in [4.78, 5) is 13.7. The molecule has 0 radical (unpaired) electrons. The second-order valence-electron chi connectivity index (χ2n) is 5.89. The lowest BCUT2D eigenvalue weighted by molar-refractivity contribution is 0.182. The molecule has 112 valence electrons. The van der Waals surface area contributed by atoms with Crippen molar-refractivity contribution in [3.8, 4) is 0 Å². The standard InChI is InChI=1S/C15H26N4O/c1-18(11-13-7-5-8-13)15(20)16-9-4-3-6-14-10-17-19(2)12-14/h10,12-13H,3-9,11H2,1-2H3,(H,16,20). The molecule has 2 rings (SSSR count). The minimum atomic E-state index is 0.0678. The monoisotopic (exact) mass is 278 g/mol. The van der Waals surface area contributed by atoms with Gasteiger partial charge in [0.05, 0.1) is 6.20 Å². The molecule has 0 aliphatic heterocycles. The fourth-order valence-electron chi connectivity index (χ4n) is 2.53. The number of unbranched alkanes of at least 4 members (excludes halogenated alkanes) is 1. The van der Waals surface area contributed by atoms with Gasteiger partial charge in [0.2, 0.25) is 0 Å². The van der Waals surface area contributed by atoms with Crippen molar-refractivity contribution in [2.45, 2.75) is 38.5 Å². The number of aromatic nitrogens is 2. The smallest absolute Gasteiger partial charge is 0.317 e. The van der Waals surface area contributed by atoms with E-state index in [9.17, 15) is 4.79 Å². The van der Waals surface area contributed by atoms with Gasteiger partial charge in [-0.3, -0.25) is 4.68 Å². The van der Waals surface area contributed by atoms with E-state index in [1.807, 2.05) is 36.1 Å². The first-order valence-electron chi connectivity index (χ1n) is 7.61. The molecule has 0 aromatic carbocycles. The predicted octanol–water partition coefficient (Wildman–Crippen LogP) is 2.18. The summed E-state index contributed by atoms with van der Waals surface area (Å²) >= 11 is 0. The Hall–Kier alpha value is -1.52. The Morgan fingerprint density at radius 2 is 2.30 bits per heavy atom. The molecule has 2 amide bonds. The molecule has 1 aliphatic rings. The van der Waals surface area contributed by atoms with E-state index in [2.05, 4.69) is 10.4 Å². The predicted molar refractivity (Wildman–Crippen MR) is 79.5 cm³/mol. The molecular weight excluding hydrogens is 252 g/mol. The molecule has 5 heteroatoms. The molecule has 0 unspecified atom stereocenters. The van der Waals surface area contributed by atoms with Crippen molar-refractivity contribution in [3.05, 3.63) is 18.0 Å². The van der Waals surface area contributed by atoms with E-state index in [4.69, 9.17) is 0 Å². The molecular formula is C15H26N4O. The van der Waals surface area contributed by atoms with Crippen molar-refractivity contribution in [2.24, 2.45) is 13.0 Å². The highest BCUT2D eigenvalue weighted by molar-refractivity contribution is 5.73. The third kappa shape index (κ3) is 4.54. The number of carbonyl (C=O) groups excluding carboxylic acids is 1. The minimum Gasteiger partial charge on any atom is -0.338 e. The molecule has 1 aliphatic carbocycles. The second-order valence-corrected chi connectivity index (χ2v) is 5.89. The van der Waals surface area contributed by atoms with E-state index in [1.165, 1.54) is 24.8 Å². The van der Waals surface area contributed by atoms with Crippen LogP contribution in [0.15, 0.2) is 12.4 Å². The van der Waals surface area contributed by atoms with Crippen LogP contribution in [0, 0.1) is 5.92 Å². The van der Waals surface area contributed by atoms with Crippen LogP contribution >= 0.6 is 0 Å². The zero-order valence-electron chi connectivity index (χ0n) is 12.6. The zero-order chi connectivity index (χ0) is 14.4. The highest BCUT2D eigenvalue weighted by Gasteiger charge is 2.20. The summed E-state index contributed by atoms with van der Waals surface area (Å²) in [6.45, 7) is 1.66. The zero-order valence-corrected chi connectivity index (χ0v) is 12.6.